The number of carbonyl (C=O) groups is 4. The Kier molecular flexibility index (Phi) is 6.43. The molecule has 1 heterocycles. The second-order valence-corrected chi connectivity index (χ2v) is 8.07. The monoisotopic (exact) mass is 480 g/mol. The molecule has 3 aromatic carbocycles. The summed E-state index contributed by atoms with van der Waals surface area (Å²) in [5, 5.41) is 0.461. The fraction of sp³-hybridized carbons (Fsp3) is 0.120. The van der Waals surface area contributed by atoms with Crippen molar-refractivity contribution in [3.05, 3.63) is 99.8 Å². The average molecular weight is 481 g/mol. The van der Waals surface area contributed by atoms with Crippen molar-refractivity contribution in [2.24, 2.45) is 0 Å². The lowest BCUT2D eigenvalue weighted by Gasteiger charge is -2.17. The van der Waals surface area contributed by atoms with E-state index >= 15 is 0 Å². The molecule has 0 N–H and O–H groups in total. The summed E-state index contributed by atoms with van der Waals surface area (Å²) in [4.78, 5) is 52.7. The van der Waals surface area contributed by atoms with Crippen LogP contribution >= 0.6 is 11.6 Å². The molecule has 0 saturated heterocycles. The standard InChI is InChI=1S/C25H18ClFN2O5/c1-28(13-15-2-7-18(27)8-3-15)22(30)14-34-25(33)16-4-11-20-21(12-16)24(32)29(23(20)31)19-9-5-17(26)6-10-19/h2-12H,13-14H2,1H3. The van der Waals surface area contributed by atoms with Gasteiger partial charge in [-0.05, 0) is 60.2 Å². The van der Waals surface area contributed by atoms with Gasteiger partial charge in [0.15, 0.2) is 6.61 Å². The quantitative estimate of drug-likeness (QED) is 0.392. The molecular weight excluding hydrogens is 463 g/mol. The molecule has 0 bridgehead atoms. The molecule has 0 atom stereocenters. The molecule has 7 nitrogen and oxygen atoms in total. The van der Waals surface area contributed by atoms with Crippen molar-refractivity contribution in [2.75, 3.05) is 18.6 Å². The molecule has 34 heavy (non-hydrogen) atoms. The summed E-state index contributed by atoms with van der Waals surface area (Å²) in [5.74, 6) is -2.74. The summed E-state index contributed by atoms with van der Waals surface area (Å²) in [5.41, 5.74) is 1.33. The van der Waals surface area contributed by atoms with Crippen LogP contribution in [0, 0.1) is 5.82 Å². The van der Waals surface area contributed by atoms with Crippen molar-refractivity contribution in [3.8, 4) is 0 Å². The van der Waals surface area contributed by atoms with E-state index in [2.05, 4.69) is 0 Å². The maximum absolute atomic E-state index is 13.0. The van der Waals surface area contributed by atoms with Crippen molar-refractivity contribution >= 4 is 41.0 Å². The normalized spacial score (nSPS) is 12.5. The molecule has 0 aromatic heterocycles. The lowest BCUT2D eigenvalue weighted by molar-refractivity contribution is -0.133. The van der Waals surface area contributed by atoms with E-state index < -0.39 is 30.3 Å². The molecule has 0 fully saturated rings. The number of hydrogen-bond donors (Lipinski definition) is 0. The van der Waals surface area contributed by atoms with Crippen molar-refractivity contribution in [1.29, 1.82) is 0 Å². The third kappa shape index (κ3) is 4.67. The van der Waals surface area contributed by atoms with Crippen molar-refractivity contribution in [2.45, 2.75) is 6.54 Å². The number of ether oxygens (including phenoxy) is 1. The summed E-state index contributed by atoms with van der Waals surface area (Å²) in [6.45, 7) is -0.302. The highest BCUT2D eigenvalue weighted by Gasteiger charge is 2.37. The topological polar surface area (TPSA) is 84.0 Å². The number of carbonyl (C=O) groups excluding carboxylic acids is 4. The largest absolute Gasteiger partial charge is 0.452 e. The summed E-state index contributed by atoms with van der Waals surface area (Å²) in [6.07, 6.45) is 0. The molecular formula is C25H18ClFN2O5. The summed E-state index contributed by atoms with van der Waals surface area (Å²) in [7, 11) is 1.53. The van der Waals surface area contributed by atoms with Gasteiger partial charge in [0.1, 0.15) is 5.82 Å². The van der Waals surface area contributed by atoms with Gasteiger partial charge in [-0.1, -0.05) is 23.7 Å². The molecule has 4 rings (SSSR count). The zero-order valence-electron chi connectivity index (χ0n) is 18.0. The van der Waals surface area contributed by atoms with Gasteiger partial charge in [-0.25, -0.2) is 14.1 Å². The van der Waals surface area contributed by atoms with E-state index in [0.29, 0.717) is 10.7 Å². The number of amides is 3. The predicted molar refractivity (Wildman–Crippen MR) is 122 cm³/mol. The van der Waals surface area contributed by atoms with E-state index in [1.807, 2.05) is 0 Å². The first-order valence-corrected chi connectivity index (χ1v) is 10.6. The highest BCUT2D eigenvalue weighted by molar-refractivity contribution is 6.35. The van der Waals surface area contributed by atoms with Crippen molar-refractivity contribution < 1.29 is 28.3 Å². The van der Waals surface area contributed by atoms with Crippen LogP contribution in [0.5, 0.6) is 0 Å². The van der Waals surface area contributed by atoms with Crippen LogP contribution in [0.4, 0.5) is 10.1 Å². The molecule has 0 unspecified atom stereocenters. The van der Waals surface area contributed by atoms with E-state index in [9.17, 15) is 23.6 Å². The van der Waals surface area contributed by atoms with Crippen LogP contribution in [0.1, 0.15) is 36.6 Å². The Hall–Kier alpha value is -4.04. The number of benzene rings is 3. The molecule has 3 amide bonds. The van der Waals surface area contributed by atoms with Gasteiger partial charge in [0.05, 0.1) is 22.4 Å². The highest BCUT2D eigenvalue weighted by atomic mass is 35.5. The second-order valence-electron chi connectivity index (χ2n) is 7.63. The van der Waals surface area contributed by atoms with Crippen LogP contribution in [-0.2, 0) is 16.1 Å². The maximum atomic E-state index is 13.0. The third-order valence-corrected chi connectivity index (χ3v) is 5.54. The lowest BCUT2D eigenvalue weighted by Crippen LogP contribution is -2.30. The maximum Gasteiger partial charge on any atom is 0.338 e. The fourth-order valence-corrected chi connectivity index (χ4v) is 3.59. The molecule has 1 aliphatic rings. The zero-order chi connectivity index (χ0) is 24.4. The van der Waals surface area contributed by atoms with Gasteiger partial charge < -0.3 is 9.64 Å². The predicted octanol–water partition coefficient (Wildman–Crippen LogP) is 4.10. The zero-order valence-corrected chi connectivity index (χ0v) is 18.7. The van der Waals surface area contributed by atoms with Crippen LogP contribution in [0.15, 0.2) is 66.7 Å². The number of halogens is 2. The lowest BCUT2D eigenvalue weighted by atomic mass is 10.1. The minimum atomic E-state index is -0.809. The number of esters is 1. The number of anilines is 1. The van der Waals surface area contributed by atoms with Gasteiger partial charge in [-0.2, -0.15) is 0 Å². The first-order valence-electron chi connectivity index (χ1n) is 10.2. The van der Waals surface area contributed by atoms with E-state index in [0.717, 1.165) is 10.5 Å². The van der Waals surface area contributed by atoms with Crippen LogP contribution in [-0.4, -0.2) is 42.2 Å². The van der Waals surface area contributed by atoms with E-state index in [-0.39, 0.29) is 29.1 Å². The molecule has 0 radical (unpaired) electrons. The highest BCUT2D eigenvalue weighted by Crippen LogP contribution is 2.30. The minimum Gasteiger partial charge on any atom is -0.452 e. The van der Waals surface area contributed by atoms with Crippen LogP contribution in [0.2, 0.25) is 5.02 Å². The third-order valence-electron chi connectivity index (χ3n) is 5.29. The van der Waals surface area contributed by atoms with Gasteiger partial charge in [-0.15, -0.1) is 0 Å². The van der Waals surface area contributed by atoms with Gasteiger partial charge in [0.2, 0.25) is 0 Å². The van der Waals surface area contributed by atoms with Gasteiger partial charge in [0, 0.05) is 18.6 Å². The van der Waals surface area contributed by atoms with Crippen LogP contribution in [0.3, 0.4) is 0 Å². The fourth-order valence-electron chi connectivity index (χ4n) is 3.47. The summed E-state index contributed by atoms with van der Waals surface area (Å²) < 4.78 is 18.1. The Morgan fingerprint density at radius 2 is 1.59 bits per heavy atom. The average Bonchev–Trinajstić information content (AvgIpc) is 3.08. The molecule has 9 heteroatoms. The van der Waals surface area contributed by atoms with E-state index in [1.54, 1.807) is 36.4 Å². The van der Waals surface area contributed by atoms with Gasteiger partial charge in [-0.3, -0.25) is 14.4 Å². The number of nitrogens with zero attached hydrogens (tertiary/aromatic N) is 2. The van der Waals surface area contributed by atoms with Gasteiger partial charge >= 0.3 is 5.97 Å². The smallest absolute Gasteiger partial charge is 0.338 e. The van der Waals surface area contributed by atoms with E-state index in [4.69, 9.17) is 16.3 Å². The van der Waals surface area contributed by atoms with Gasteiger partial charge in [0.25, 0.3) is 17.7 Å². The minimum absolute atomic E-state index is 0.0341. The number of imide groups is 1. The van der Waals surface area contributed by atoms with Crippen molar-refractivity contribution in [3.63, 3.8) is 0 Å². The second kappa shape index (κ2) is 9.44. The SMILES string of the molecule is CN(Cc1ccc(F)cc1)C(=O)COC(=O)c1ccc2c(c1)C(=O)N(c1ccc(Cl)cc1)C2=O. The molecule has 172 valence electrons. The van der Waals surface area contributed by atoms with Crippen LogP contribution in [0.25, 0.3) is 0 Å². The van der Waals surface area contributed by atoms with Crippen molar-refractivity contribution in [1.82, 2.24) is 4.90 Å². The Bertz CT molecular complexity index is 1290. The Balaban J connectivity index is 1.41. The Morgan fingerprint density at radius 1 is 0.941 bits per heavy atom. The molecule has 0 aliphatic carbocycles. The number of rotatable bonds is 6. The molecule has 1 aliphatic heterocycles. The molecule has 0 spiro atoms. The first kappa shape index (κ1) is 23.1. The Morgan fingerprint density at radius 3 is 2.26 bits per heavy atom. The number of fused-ring (bicyclic) bond motifs is 1. The number of hydrogen-bond acceptors (Lipinski definition) is 5. The molecule has 3 aromatic rings. The Labute approximate surface area is 199 Å². The summed E-state index contributed by atoms with van der Waals surface area (Å²) >= 11 is 5.87. The first-order chi connectivity index (χ1) is 16.2. The summed E-state index contributed by atoms with van der Waals surface area (Å²) in [6, 6.07) is 15.9. The molecule has 0 saturated carbocycles. The van der Waals surface area contributed by atoms with E-state index in [1.165, 1.54) is 42.3 Å². The number of likely N-dealkylation sites (N-methyl/N-ethyl adjacent to an activating group) is 1. The van der Waals surface area contributed by atoms with Crippen LogP contribution < -0.4 is 4.90 Å².